The summed E-state index contributed by atoms with van der Waals surface area (Å²) in [5.41, 5.74) is 2.31. The van der Waals surface area contributed by atoms with E-state index in [0.29, 0.717) is 43.5 Å². The molecule has 0 saturated heterocycles. The molecule has 0 saturated carbocycles. The molecule has 4 aromatic rings. The van der Waals surface area contributed by atoms with Gasteiger partial charge in [0, 0.05) is 24.2 Å². The smallest absolute Gasteiger partial charge is 0.338 e. The van der Waals surface area contributed by atoms with E-state index in [1.54, 1.807) is 30.5 Å². The molecule has 3 N–H and O–H groups in total. The van der Waals surface area contributed by atoms with Gasteiger partial charge in [0.1, 0.15) is 11.4 Å². The third-order valence-electron chi connectivity index (χ3n) is 7.85. The molecule has 0 fully saturated rings. The highest BCUT2D eigenvalue weighted by Gasteiger charge is 2.44. The van der Waals surface area contributed by atoms with Crippen molar-refractivity contribution >= 4 is 16.0 Å². The Balaban J connectivity index is 1.49. The van der Waals surface area contributed by atoms with E-state index in [9.17, 15) is 18.3 Å². The number of para-hydroxylation sites is 1. The van der Waals surface area contributed by atoms with Gasteiger partial charge in [-0.3, -0.25) is 4.57 Å². The van der Waals surface area contributed by atoms with Crippen molar-refractivity contribution in [2.45, 2.75) is 62.1 Å². The van der Waals surface area contributed by atoms with Gasteiger partial charge in [0.2, 0.25) is 5.16 Å². The van der Waals surface area contributed by atoms with Crippen LogP contribution in [-0.2, 0) is 32.4 Å². The Hall–Kier alpha value is -4.21. The van der Waals surface area contributed by atoms with Crippen molar-refractivity contribution in [3.8, 4) is 5.69 Å². The number of nitrogens with zero attached hydrogens (tertiary/aromatic N) is 2. The van der Waals surface area contributed by atoms with Crippen molar-refractivity contribution < 1.29 is 23.1 Å². The average molecular weight is 586 g/mol. The number of rotatable bonds is 11. The first-order chi connectivity index (χ1) is 20.2. The first-order valence-corrected chi connectivity index (χ1v) is 15.6. The van der Waals surface area contributed by atoms with E-state index in [1.807, 2.05) is 73.7 Å². The summed E-state index contributed by atoms with van der Waals surface area (Å²) in [7, 11) is -4.19. The molecule has 0 radical (unpaired) electrons. The number of carbonyl (C=O) groups excluding carboxylic acids is 1. The third-order valence-corrected chi connectivity index (χ3v) is 8.65. The molecular formula is C33H35N3O5S. The highest BCUT2D eigenvalue weighted by atomic mass is 32.2. The molecule has 0 spiro atoms. The minimum absolute atomic E-state index is 0.0503. The van der Waals surface area contributed by atoms with Crippen LogP contribution >= 0.6 is 0 Å². The maximum Gasteiger partial charge on any atom is 0.338 e. The SMILES string of the molecule is CCC(C1=C(O)CC(CCc2ccccc2)(CCc2ccccc2)OC1=O)c1cn(-c2ccccc2)c(S(N)(=O)=O)n1. The first-order valence-electron chi connectivity index (χ1n) is 14.1. The Morgan fingerprint density at radius 2 is 1.45 bits per heavy atom. The zero-order valence-electron chi connectivity index (χ0n) is 23.5. The Morgan fingerprint density at radius 1 is 0.929 bits per heavy atom. The molecular weight excluding hydrogens is 550 g/mol. The monoisotopic (exact) mass is 585 g/mol. The van der Waals surface area contributed by atoms with Crippen molar-refractivity contribution in [3.05, 3.63) is 125 Å². The predicted octanol–water partition coefficient (Wildman–Crippen LogP) is 5.78. The van der Waals surface area contributed by atoms with Crippen molar-refractivity contribution in [2.24, 2.45) is 5.14 Å². The minimum Gasteiger partial charge on any atom is -0.512 e. The molecule has 1 atom stereocenters. The van der Waals surface area contributed by atoms with Gasteiger partial charge >= 0.3 is 5.97 Å². The van der Waals surface area contributed by atoms with Crippen LogP contribution in [0, 0.1) is 0 Å². The summed E-state index contributed by atoms with van der Waals surface area (Å²) >= 11 is 0. The lowest BCUT2D eigenvalue weighted by Crippen LogP contribution is -2.42. The van der Waals surface area contributed by atoms with Gasteiger partial charge in [-0.25, -0.2) is 23.3 Å². The number of hydrogen-bond acceptors (Lipinski definition) is 6. The Bertz CT molecular complexity index is 1620. The summed E-state index contributed by atoms with van der Waals surface area (Å²) in [5.74, 6) is -1.35. The van der Waals surface area contributed by atoms with E-state index in [0.717, 1.165) is 11.1 Å². The molecule has 8 nitrogen and oxygen atoms in total. The molecule has 0 bridgehead atoms. The lowest BCUT2D eigenvalue weighted by molar-refractivity contribution is -0.161. The maximum absolute atomic E-state index is 13.8. The summed E-state index contributed by atoms with van der Waals surface area (Å²) in [6.07, 6.45) is 4.55. The van der Waals surface area contributed by atoms with Gasteiger partial charge in [-0.2, -0.15) is 0 Å². The van der Waals surface area contributed by atoms with Gasteiger partial charge < -0.3 is 9.84 Å². The fraction of sp³-hybridized carbons (Fsp3) is 0.273. The number of esters is 1. The van der Waals surface area contributed by atoms with Crippen molar-refractivity contribution in [2.75, 3.05) is 0 Å². The van der Waals surface area contributed by atoms with E-state index in [4.69, 9.17) is 9.88 Å². The van der Waals surface area contributed by atoms with Gasteiger partial charge in [0.05, 0.1) is 11.3 Å². The first kappa shape index (κ1) is 29.3. The molecule has 218 valence electrons. The van der Waals surface area contributed by atoms with Crippen LogP contribution in [0.2, 0.25) is 0 Å². The second kappa shape index (κ2) is 12.3. The zero-order valence-corrected chi connectivity index (χ0v) is 24.3. The van der Waals surface area contributed by atoms with E-state index >= 15 is 0 Å². The van der Waals surface area contributed by atoms with Gasteiger partial charge in [-0.1, -0.05) is 85.8 Å². The number of benzene rings is 3. The standard InChI is InChI=1S/C33H35N3O5S/c1-2-27(28-23-36(26-16-10-5-11-17-26)32(35-28)42(34,39)40)30-29(37)22-33(41-31(30)38,20-18-24-12-6-3-7-13-24)21-19-25-14-8-4-9-15-25/h3-17,23,27,37H,2,18-22H2,1H3,(H2,34,39,40). The van der Waals surface area contributed by atoms with E-state index < -0.39 is 27.5 Å². The van der Waals surface area contributed by atoms with Gasteiger partial charge in [0.15, 0.2) is 0 Å². The number of imidazole rings is 1. The molecule has 3 aromatic carbocycles. The Morgan fingerprint density at radius 3 is 1.93 bits per heavy atom. The lowest BCUT2D eigenvalue weighted by atomic mass is 9.80. The largest absolute Gasteiger partial charge is 0.512 e. The summed E-state index contributed by atoms with van der Waals surface area (Å²) in [4.78, 5) is 18.1. The number of cyclic esters (lactones) is 1. The molecule has 1 aliphatic heterocycles. The fourth-order valence-corrected chi connectivity index (χ4v) is 6.34. The zero-order chi connectivity index (χ0) is 29.7. The van der Waals surface area contributed by atoms with Gasteiger partial charge in [0.25, 0.3) is 10.0 Å². The summed E-state index contributed by atoms with van der Waals surface area (Å²) in [5, 5.41) is 16.7. The second-order valence-corrected chi connectivity index (χ2v) is 12.2. The molecule has 2 heterocycles. The predicted molar refractivity (Wildman–Crippen MR) is 161 cm³/mol. The van der Waals surface area contributed by atoms with E-state index in [2.05, 4.69) is 4.98 Å². The summed E-state index contributed by atoms with van der Waals surface area (Å²) < 4.78 is 32.6. The number of nitrogens with two attached hydrogens (primary N) is 1. The van der Waals surface area contributed by atoms with Crippen LogP contribution in [0.3, 0.4) is 0 Å². The van der Waals surface area contributed by atoms with Crippen molar-refractivity contribution in [1.82, 2.24) is 9.55 Å². The number of sulfonamides is 1. The van der Waals surface area contributed by atoms with Crippen LogP contribution in [0.25, 0.3) is 5.69 Å². The van der Waals surface area contributed by atoms with Crippen LogP contribution in [0.4, 0.5) is 0 Å². The highest BCUT2D eigenvalue weighted by Crippen LogP contribution is 2.42. The average Bonchev–Trinajstić information content (AvgIpc) is 3.45. The number of primary sulfonamides is 1. The Labute approximate surface area is 246 Å². The third kappa shape index (κ3) is 6.48. The van der Waals surface area contributed by atoms with Crippen LogP contribution < -0.4 is 5.14 Å². The van der Waals surface area contributed by atoms with Crippen LogP contribution in [0.5, 0.6) is 0 Å². The lowest BCUT2D eigenvalue weighted by Gasteiger charge is -2.38. The maximum atomic E-state index is 13.8. The van der Waals surface area contributed by atoms with E-state index in [1.165, 1.54) is 4.57 Å². The topological polar surface area (TPSA) is 125 Å². The molecule has 5 rings (SSSR count). The van der Waals surface area contributed by atoms with E-state index in [-0.39, 0.29) is 22.9 Å². The summed E-state index contributed by atoms with van der Waals surface area (Å²) in [6, 6.07) is 28.8. The van der Waals surface area contributed by atoms with Gasteiger partial charge in [-0.05, 0) is 55.4 Å². The number of aliphatic hydroxyl groups is 1. The van der Waals surface area contributed by atoms with Crippen LogP contribution in [-0.4, -0.2) is 34.6 Å². The molecule has 1 aliphatic rings. The van der Waals surface area contributed by atoms with Crippen molar-refractivity contribution in [1.29, 1.82) is 0 Å². The number of aliphatic hydroxyl groups excluding tert-OH is 1. The van der Waals surface area contributed by atoms with Crippen LogP contribution in [0.15, 0.2) is 114 Å². The normalized spacial score (nSPS) is 15.8. The van der Waals surface area contributed by atoms with Gasteiger partial charge in [-0.15, -0.1) is 0 Å². The number of carbonyl (C=O) groups is 1. The number of hydrogen-bond donors (Lipinski definition) is 2. The molecule has 9 heteroatoms. The second-order valence-electron chi connectivity index (χ2n) is 10.7. The molecule has 42 heavy (non-hydrogen) atoms. The van der Waals surface area contributed by atoms with Crippen LogP contribution in [0.1, 0.15) is 55.3 Å². The quantitative estimate of drug-likeness (QED) is 0.215. The Kier molecular flexibility index (Phi) is 8.61. The highest BCUT2D eigenvalue weighted by molar-refractivity contribution is 7.89. The van der Waals surface area contributed by atoms with Crippen molar-refractivity contribution in [3.63, 3.8) is 0 Å². The molecule has 1 aromatic heterocycles. The fourth-order valence-electron chi connectivity index (χ4n) is 5.67. The molecule has 1 unspecified atom stereocenters. The molecule has 0 amide bonds. The molecule has 0 aliphatic carbocycles. The number of aryl methyl sites for hydroxylation is 2. The minimum atomic E-state index is -4.19. The number of aromatic nitrogens is 2. The summed E-state index contributed by atoms with van der Waals surface area (Å²) in [6.45, 7) is 1.85. The number of ether oxygens (including phenoxy) is 1.